The number of aliphatic hydroxyl groups is 1. The van der Waals surface area contributed by atoms with Crippen LogP contribution in [0.4, 0.5) is 5.82 Å². The molecule has 0 aliphatic carbocycles. The molecule has 1 amide bonds. The number of aromatic nitrogens is 2. The lowest BCUT2D eigenvalue weighted by Gasteiger charge is -2.34. The van der Waals surface area contributed by atoms with Gasteiger partial charge in [0.25, 0.3) is 0 Å². The quantitative estimate of drug-likeness (QED) is 0.549. The van der Waals surface area contributed by atoms with E-state index in [1.54, 1.807) is 12.1 Å². The number of nitrogens with one attached hydrogen (secondary N) is 1. The van der Waals surface area contributed by atoms with Gasteiger partial charge >= 0.3 is 0 Å². The molecule has 4 rings (SSSR count). The van der Waals surface area contributed by atoms with Crippen molar-refractivity contribution in [3.05, 3.63) is 48.0 Å². The Hall–Kier alpha value is -3.19. The number of aromatic hydroxyl groups is 1. The van der Waals surface area contributed by atoms with Crippen LogP contribution in [0.2, 0.25) is 0 Å². The van der Waals surface area contributed by atoms with E-state index < -0.39 is 6.10 Å². The Balaban J connectivity index is 1.59. The predicted molar refractivity (Wildman–Crippen MR) is 126 cm³/mol. The Kier molecular flexibility index (Phi) is 6.55. The summed E-state index contributed by atoms with van der Waals surface area (Å²) in [4.78, 5) is 24.0. The molecule has 3 N–H and O–H groups in total. The van der Waals surface area contributed by atoms with Crippen LogP contribution >= 0.6 is 0 Å². The maximum Gasteiger partial charge on any atom is 0.249 e. The van der Waals surface area contributed by atoms with Crippen molar-refractivity contribution >= 4 is 22.6 Å². The van der Waals surface area contributed by atoms with E-state index in [1.807, 2.05) is 38.1 Å². The average molecular weight is 435 g/mol. The van der Waals surface area contributed by atoms with E-state index in [2.05, 4.69) is 16.3 Å². The number of aliphatic hydroxyl groups excluding tert-OH is 1. The summed E-state index contributed by atoms with van der Waals surface area (Å²) in [6, 6.07) is 13.3. The summed E-state index contributed by atoms with van der Waals surface area (Å²) in [7, 11) is 0. The van der Waals surface area contributed by atoms with E-state index >= 15 is 0 Å². The molecule has 32 heavy (non-hydrogen) atoms. The van der Waals surface area contributed by atoms with Crippen LogP contribution in [0.15, 0.2) is 42.5 Å². The second kappa shape index (κ2) is 9.53. The molecule has 0 spiro atoms. The monoisotopic (exact) mass is 434 g/mol. The van der Waals surface area contributed by atoms with Gasteiger partial charge < -0.3 is 20.4 Å². The number of hydrogen-bond donors (Lipinski definition) is 3. The van der Waals surface area contributed by atoms with Gasteiger partial charge in [0.1, 0.15) is 17.7 Å². The molecule has 1 saturated heterocycles. The number of phenols is 1. The third kappa shape index (κ3) is 4.67. The number of benzene rings is 2. The molecule has 2 heterocycles. The highest BCUT2D eigenvalue weighted by molar-refractivity contribution is 5.92. The number of aryl methyl sites for hydroxylation is 1. The number of fused-ring (bicyclic) bond motifs is 1. The molecule has 168 valence electrons. The van der Waals surface area contributed by atoms with Crippen LogP contribution in [0.1, 0.15) is 38.2 Å². The van der Waals surface area contributed by atoms with Gasteiger partial charge in [0.2, 0.25) is 5.91 Å². The minimum atomic E-state index is -0.937. The molecule has 1 unspecified atom stereocenters. The molecule has 3 aromatic rings. The zero-order chi connectivity index (χ0) is 22.7. The molecular weight excluding hydrogens is 404 g/mol. The number of amides is 1. The molecule has 1 aliphatic heterocycles. The number of nitrogens with zero attached hydrogens (tertiary/aromatic N) is 3. The summed E-state index contributed by atoms with van der Waals surface area (Å²) in [6.45, 7) is 5.44. The van der Waals surface area contributed by atoms with E-state index in [0.29, 0.717) is 17.8 Å². The minimum Gasteiger partial charge on any atom is -0.507 e. The fourth-order valence-electron chi connectivity index (χ4n) is 4.18. The average Bonchev–Trinajstić information content (AvgIpc) is 2.79. The second-order valence-electron chi connectivity index (χ2n) is 8.48. The first-order chi connectivity index (χ1) is 15.5. The fourth-order valence-corrected chi connectivity index (χ4v) is 4.18. The molecule has 0 radical (unpaired) electrons. The third-order valence-corrected chi connectivity index (χ3v) is 5.98. The van der Waals surface area contributed by atoms with Crippen molar-refractivity contribution < 1.29 is 15.0 Å². The number of hydrogen-bond acceptors (Lipinski definition) is 6. The Morgan fingerprint density at radius 2 is 1.94 bits per heavy atom. The largest absolute Gasteiger partial charge is 0.507 e. The number of carbonyl (C=O) groups is 1. The van der Waals surface area contributed by atoms with Crippen LogP contribution in [0, 0.1) is 6.92 Å². The van der Waals surface area contributed by atoms with Gasteiger partial charge in [0.05, 0.1) is 11.1 Å². The van der Waals surface area contributed by atoms with Gasteiger partial charge in [-0.05, 0) is 56.0 Å². The van der Waals surface area contributed by atoms with Crippen molar-refractivity contribution in [1.82, 2.24) is 15.3 Å². The number of carbonyl (C=O) groups excluding carboxylic acids is 1. The SMILES string of the molecule is CCCC(O)C(=O)NC1CCN(c2nc(-c3ccccc3O)nc3cc(C)ccc23)CC1. The summed E-state index contributed by atoms with van der Waals surface area (Å²) in [6.07, 6.45) is 1.86. The number of anilines is 1. The van der Waals surface area contributed by atoms with Gasteiger partial charge in [-0.2, -0.15) is 0 Å². The minimum absolute atomic E-state index is 0.0400. The molecule has 0 bridgehead atoms. The number of rotatable bonds is 6. The lowest BCUT2D eigenvalue weighted by atomic mass is 10.0. The Bertz CT molecular complexity index is 1110. The van der Waals surface area contributed by atoms with Crippen LogP contribution in [0.25, 0.3) is 22.3 Å². The lowest BCUT2D eigenvalue weighted by Crippen LogP contribution is -2.47. The van der Waals surface area contributed by atoms with Crippen LogP contribution in [-0.4, -0.2) is 51.3 Å². The normalized spacial score (nSPS) is 15.7. The van der Waals surface area contributed by atoms with Crippen molar-refractivity contribution in [2.75, 3.05) is 18.0 Å². The topological polar surface area (TPSA) is 98.6 Å². The maximum absolute atomic E-state index is 12.2. The van der Waals surface area contributed by atoms with Gasteiger partial charge in [0, 0.05) is 24.5 Å². The fraction of sp³-hybridized carbons (Fsp3) is 0.400. The highest BCUT2D eigenvalue weighted by Gasteiger charge is 2.25. The standard InChI is InChI=1S/C25H30N4O3/c1-3-6-22(31)25(32)26-17-11-13-29(14-12-17)24-18-10-9-16(2)15-20(18)27-23(28-24)19-7-4-5-8-21(19)30/h4-5,7-10,15,17,22,30-31H,3,6,11-14H2,1-2H3,(H,26,32). The van der Waals surface area contributed by atoms with E-state index in [0.717, 1.165) is 54.6 Å². The molecular formula is C25H30N4O3. The van der Waals surface area contributed by atoms with E-state index in [9.17, 15) is 15.0 Å². The summed E-state index contributed by atoms with van der Waals surface area (Å²) in [5, 5.41) is 24.2. The van der Waals surface area contributed by atoms with Gasteiger partial charge in [0.15, 0.2) is 5.82 Å². The Morgan fingerprint density at radius 1 is 1.19 bits per heavy atom. The van der Waals surface area contributed by atoms with E-state index in [-0.39, 0.29) is 17.7 Å². The molecule has 0 saturated carbocycles. The van der Waals surface area contributed by atoms with Crippen LogP contribution in [0.5, 0.6) is 5.75 Å². The third-order valence-electron chi connectivity index (χ3n) is 5.98. The van der Waals surface area contributed by atoms with Gasteiger partial charge in [-0.15, -0.1) is 0 Å². The molecule has 7 nitrogen and oxygen atoms in total. The first kappa shape index (κ1) is 22.0. The summed E-state index contributed by atoms with van der Waals surface area (Å²) in [5.74, 6) is 1.20. The number of para-hydroxylation sites is 1. The smallest absolute Gasteiger partial charge is 0.249 e. The van der Waals surface area contributed by atoms with Gasteiger partial charge in [-0.1, -0.05) is 31.5 Å². The van der Waals surface area contributed by atoms with Gasteiger partial charge in [-0.3, -0.25) is 4.79 Å². The van der Waals surface area contributed by atoms with Crippen LogP contribution in [-0.2, 0) is 4.79 Å². The summed E-state index contributed by atoms with van der Waals surface area (Å²) >= 11 is 0. The van der Waals surface area contributed by atoms with Crippen LogP contribution < -0.4 is 10.2 Å². The van der Waals surface area contributed by atoms with Crippen LogP contribution in [0.3, 0.4) is 0 Å². The highest BCUT2D eigenvalue weighted by atomic mass is 16.3. The van der Waals surface area contributed by atoms with E-state index in [4.69, 9.17) is 9.97 Å². The molecule has 1 aliphatic rings. The van der Waals surface area contributed by atoms with Gasteiger partial charge in [-0.25, -0.2) is 9.97 Å². The highest BCUT2D eigenvalue weighted by Crippen LogP contribution is 2.33. The van der Waals surface area contributed by atoms with Crippen molar-refractivity contribution in [2.45, 2.75) is 51.7 Å². The molecule has 1 aromatic heterocycles. The van der Waals surface area contributed by atoms with Crippen molar-refractivity contribution in [3.8, 4) is 17.1 Å². The first-order valence-corrected chi connectivity index (χ1v) is 11.3. The van der Waals surface area contributed by atoms with Crippen molar-refractivity contribution in [2.24, 2.45) is 0 Å². The summed E-state index contributed by atoms with van der Waals surface area (Å²) in [5.41, 5.74) is 2.55. The molecule has 1 atom stereocenters. The van der Waals surface area contributed by atoms with Crippen molar-refractivity contribution in [3.63, 3.8) is 0 Å². The number of piperidine rings is 1. The predicted octanol–water partition coefficient (Wildman–Crippen LogP) is 3.56. The zero-order valence-corrected chi connectivity index (χ0v) is 18.6. The summed E-state index contributed by atoms with van der Waals surface area (Å²) < 4.78 is 0. The zero-order valence-electron chi connectivity index (χ0n) is 18.6. The molecule has 7 heteroatoms. The number of phenolic OH excluding ortho intramolecular Hbond substituents is 1. The van der Waals surface area contributed by atoms with E-state index in [1.165, 1.54) is 0 Å². The first-order valence-electron chi connectivity index (χ1n) is 11.3. The second-order valence-corrected chi connectivity index (χ2v) is 8.48. The lowest BCUT2D eigenvalue weighted by molar-refractivity contribution is -0.130. The Labute approximate surface area is 188 Å². The van der Waals surface area contributed by atoms with Crippen molar-refractivity contribution in [1.29, 1.82) is 0 Å². The molecule has 2 aromatic carbocycles. The Morgan fingerprint density at radius 3 is 2.66 bits per heavy atom. The maximum atomic E-state index is 12.2. The molecule has 1 fully saturated rings.